The number of methoxy groups -OCH3 is 1. The van der Waals surface area contributed by atoms with Gasteiger partial charge in [0.2, 0.25) is 0 Å². The molecule has 1 aliphatic heterocycles. The molecule has 1 heterocycles. The van der Waals surface area contributed by atoms with Gasteiger partial charge in [0.25, 0.3) is 0 Å². The lowest BCUT2D eigenvalue weighted by Gasteiger charge is -2.14. The standard InChI is InChI=1S/C8H17NO2S/c1-11-5-8(10)4-9-7-2-3-12-6-7/h7-10H,2-6H2,1H3. The van der Waals surface area contributed by atoms with Crippen molar-refractivity contribution in [3.8, 4) is 0 Å². The topological polar surface area (TPSA) is 41.5 Å². The van der Waals surface area contributed by atoms with Gasteiger partial charge < -0.3 is 15.2 Å². The minimum absolute atomic E-state index is 0.361. The van der Waals surface area contributed by atoms with Gasteiger partial charge in [0.1, 0.15) is 0 Å². The fourth-order valence-corrected chi connectivity index (χ4v) is 2.44. The van der Waals surface area contributed by atoms with Crippen molar-refractivity contribution >= 4 is 11.8 Å². The largest absolute Gasteiger partial charge is 0.389 e. The molecule has 0 radical (unpaired) electrons. The van der Waals surface area contributed by atoms with Crippen LogP contribution in [0.25, 0.3) is 0 Å². The number of thioether (sulfide) groups is 1. The van der Waals surface area contributed by atoms with Gasteiger partial charge in [0.15, 0.2) is 0 Å². The molecule has 2 atom stereocenters. The van der Waals surface area contributed by atoms with E-state index in [1.54, 1.807) is 7.11 Å². The van der Waals surface area contributed by atoms with E-state index in [1.165, 1.54) is 17.9 Å². The van der Waals surface area contributed by atoms with Crippen LogP contribution in [0.5, 0.6) is 0 Å². The van der Waals surface area contributed by atoms with Gasteiger partial charge >= 0.3 is 0 Å². The number of hydrogen-bond donors (Lipinski definition) is 2. The Kier molecular flexibility index (Phi) is 4.99. The summed E-state index contributed by atoms with van der Waals surface area (Å²) < 4.78 is 4.82. The van der Waals surface area contributed by atoms with Crippen LogP contribution in [0, 0.1) is 0 Å². The maximum atomic E-state index is 9.32. The quantitative estimate of drug-likeness (QED) is 0.646. The highest BCUT2D eigenvalue weighted by atomic mass is 32.2. The first-order valence-electron chi connectivity index (χ1n) is 4.31. The summed E-state index contributed by atoms with van der Waals surface area (Å²) in [7, 11) is 1.61. The summed E-state index contributed by atoms with van der Waals surface area (Å²) in [5, 5.41) is 12.6. The Morgan fingerprint density at radius 1 is 1.75 bits per heavy atom. The molecule has 0 bridgehead atoms. The third kappa shape index (κ3) is 3.76. The smallest absolute Gasteiger partial charge is 0.0897 e. The summed E-state index contributed by atoms with van der Waals surface area (Å²) in [6.07, 6.45) is 0.866. The van der Waals surface area contributed by atoms with Gasteiger partial charge in [-0.1, -0.05) is 0 Å². The van der Waals surface area contributed by atoms with Crippen molar-refractivity contribution in [2.24, 2.45) is 0 Å². The van der Waals surface area contributed by atoms with E-state index in [-0.39, 0.29) is 6.10 Å². The average molecular weight is 191 g/mol. The molecule has 2 unspecified atom stereocenters. The molecule has 0 aromatic carbocycles. The lowest BCUT2D eigenvalue weighted by atomic mass is 10.2. The number of aliphatic hydroxyl groups is 1. The van der Waals surface area contributed by atoms with Crippen LogP contribution < -0.4 is 5.32 Å². The second kappa shape index (κ2) is 5.80. The number of aliphatic hydroxyl groups excluding tert-OH is 1. The summed E-state index contributed by atoms with van der Waals surface area (Å²) in [6, 6.07) is 0.599. The number of nitrogens with one attached hydrogen (secondary N) is 1. The second-order valence-electron chi connectivity index (χ2n) is 3.08. The minimum atomic E-state index is -0.361. The molecule has 1 aliphatic rings. The molecular weight excluding hydrogens is 174 g/mol. The Morgan fingerprint density at radius 3 is 3.17 bits per heavy atom. The number of hydrogen-bond acceptors (Lipinski definition) is 4. The highest BCUT2D eigenvalue weighted by molar-refractivity contribution is 7.99. The van der Waals surface area contributed by atoms with Gasteiger partial charge in [0.05, 0.1) is 12.7 Å². The van der Waals surface area contributed by atoms with Gasteiger partial charge in [0, 0.05) is 25.4 Å². The van der Waals surface area contributed by atoms with E-state index in [0.29, 0.717) is 19.2 Å². The van der Waals surface area contributed by atoms with E-state index >= 15 is 0 Å². The monoisotopic (exact) mass is 191 g/mol. The lowest BCUT2D eigenvalue weighted by Crippen LogP contribution is -2.37. The predicted molar refractivity (Wildman–Crippen MR) is 51.6 cm³/mol. The highest BCUT2D eigenvalue weighted by Crippen LogP contribution is 2.16. The molecule has 0 spiro atoms. The zero-order valence-corrected chi connectivity index (χ0v) is 8.27. The Morgan fingerprint density at radius 2 is 2.58 bits per heavy atom. The van der Waals surface area contributed by atoms with Crippen LogP contribution in [0.4, 0.5) is 0 Å². The maximum absolute atomic E-state index is 9.32. The maximum Gasteiger partial charge on any atom is 0.0897 e. The van der Waals surface area contributed by atoms with E-state index in [1.807, 2.05) is 11.8 Å². The Labute approximate surface area is 77.9 Å². The first kappa shape index (κ1) is 10.3. The average Bonchev–Trinajstić information content (AvgIpc) is 2.53. The third-order valence-electron chi connectivity index (χ3n) is 1.93. The van der Waals surface area contributed by atoms with Crippen molar-refractivity contribution < 1.29 is 9.84 Å². The summed E-state index contributed by atoms with van der Waals surface area (Å²) in [6.45, 7) is 1.08. The normalized spacial score (nSPS) is 26.0. The zero-order valence-electron chi connectivity index (χ0n) is 7.45. The van der Waals surface area contributed by atoms with Gasteiger partial charge in [-0.3, -0.25) is 0 Å². The Balaban J connectivity index is 1.99. The van der Waals surface area contributed by atoms with Crippen LogP contribution in [-0.4, -0.2) is 49.0 Å². The van der Waals surface area contributed by atoms with E-state index < -0.39 is 0 Å². The Bertz CT molecular complexity index is 118. The van der Waals surface area contributed by atoms with E-state index in [0.717, 1.165) is 0 Å². The molecule has 3 nitrogen and oxygen atoms in total. The minimum Gasteiger partial charge on any atom is -0.389 e. The summed E-state index contributed by atoms with van der Waals surface area (Å²) >= 11 is 1.97. The van der Waals surface area contributed by atoms with E-state index in [4.69, 9.17) is 4.74 Å². The predicted octanol–water partition coefficient (Wildman–Crippen LogP) is 0.0888. The van der Waals surface area contributed by atoms with Gasteiger partial charge in [-0.05, 0) is 12.2 Å². The van der Waals surface area contributed by atoms with Crippen molar-refractivity contribution in [3.63, 3.8) is 0 Å². The first-order chi connectivity index (χ1) is 5.83. The molecular formula is C8H17NO2S. The van der Waals surface area contributed by atoms with Gasteiger partial charge in [-0.2, -0.15) is 11.8 Å². The Hall–Kier alpha value is 0.230. The van der Waals surface area contributed by atoms with Crippen LogP contribution in [0.2, 0.25) is 0 Å². The molecule has 12 heavy (non-hydrogen) atoms. The summed E-state index contributed by atoms with van der Waals surface area (Å²) in [5.74, 6) is 2.43. The molecule has 0 aromatic heterocycles. The molecule has 1 saturated heterocycles. The third-order valence-corrected chi connectivity index (χ3v) is 3.09. The molecule has 72 valence electrons. The van der Waals surface area contributed by atoms with Crippen LogP contribution in [0.1, 0.15) is 6.42 Å². The second-order valence-corrected chi connectivity index (χ2v) is 4.23. The lowest BCUT2D eigenvalue weighted by molar-refractivity contribution is 0.0632. The molecule has 4 heteroatoms. The molecule has 0 amide bonds. The van der Waals surface area contributed by atoms with Crippen LogP contribution in [-0.2, 0) is 4.74 Å². The van der Waals surface area contributed by atoms with Crippen molar-refractivity contribution in [2.45, 2.75) is 18.6 Å². The molecule has 0 aliphatic carbocycles. The SMILES string of the molecule is COCC(O)CNC1CCSC1. The van der Waals surface area contributed by atoms with E-state index in [9.17, 15) is 5.11 Å². The number of rotatable bonds is 5. The molecule has 0 aromatic rings. The van der Waals surface area contributed by atoms with Crippen molar-refractivity contribution in [1.29, 1.82) is 0 Å². The molecule has 1 fully saturated rings. The molecule has 0 saturated carbocycles. The van der Waals surface area contributed by atoms with E-state index in [2.05, 4.69) is 5.32 Å². The van der Waals surface area contributed by atoms with Crippen molar-refractivity contribution in [3.05, 3.63) is 0 Å². The molecule has 2 N–H and O–H groups in total. The highest BCUT2D eigenvalue weighted by Gasteiger charge is 2.15. The zero-order chi connectivity index (χ0) is 8.81. The number of ether oxygens (including phenoxy) is 1. The van der Waals surface area contributed by atoms with Crippen molar-refractivity contribution in [2.75, 3.05) is 31.8 Å². The van der Waals surface area contributed by atoms with Crippen molar-refractivity contribution in [1.82, 2.24) is 5.32 Å². The van der Waals surface area contributed by atoms with Crippen LogP contribution >= 0.6 is 11.8 Å². The van der Waals surface area contributed by atoms with Crippen LogP contribution in [0.15, 0.2) is 0 Å². The molecule has 1 rings (SSSR count). The fourth-order valence-electron chi connectivity index (χ4n) is 1.25. The fraction of sp³-hybridized carbons (Fsp3) is 1.00. The van der Waals surface area contributed by atoms with Gasteiger partial charge in [-0.25, -0.2) is 0 Å². The summed E-state index contributed by atoms with van der Waals surface area (Å²) in [5.41, 5.74) is 0. The summed E-state index contributed by atoms with van der Waals surface area (Å²) in [4.78, 5) is 0. The van der Waals surface area contributed by atoms with Gasteiger partial charge in [-0.15, -0.1) is 0 Å². The van der Waals surface area contributed by atoms with Crippen LogP contribution in [0.3, 0.4) is 0 Å². The first-order valence-corrected chi connectivity index (χ1v) is 5.46.